The van der Waals surface area contributed by atoms with E-state index in [1.807, 2.05) is 6.92 Å². The molecule has 2 atom stereocenters. The summed E-state index contributed by atoms with van der Waals surface area (Å²) in [5, 5.41) is 0. The van der Waals surface area contributed by atoms with Crippen molar-refractivity contribution in [3.05, 3.63) is 22.5 Å². The first kappa shape index (κ1) is 21.5. The van der Waals surface area contributed by atoms with Crippen molar-refractivity contribution in [1.82, 2.24) is 4.57 Å². The van der Waals surface area contributed by atoms with Crippen LogP contribution in [0.3, 0.4) is 0 Å². The highest BCUT2D eigenvalue weighted by Gasteiger charge is 2.38. The van der Waals surface area contributed by atoms with Crippen LogP contribution in [0.2, 0.25) is 0 Å². The van der Waals surface area contributed by atoms with Crippen LogP contribution in [0.5, 0.6) is 0 Å². The molecule has 0 fully saturated rings. The van der Waals surface area contributed by atoms with Crippen LogP contribution in [-0.4, -0.2) is 55.9 Å². The first-order valence-corrected chi connectivity index (χ1v) is 8.88. The highest BCUT2D eigenvalue weighted by molar-refractivity contribution is 6.05. The maximum absolute atomic E-state index is 12.5. The third kappa shape index (κ3) is 4.35. The molecule has 9 heteroatoms. The van der Waals surface area contributed by atoms with Gasteiger partial charge in [0.25, 0.3) is 0 Å². The van der Waals surface area contributed by atoms with E-state index in [1.165, 1.54) is 28.3 Å². The highest BCUT2D eigenvalue weighted by Crippen LogP contribution is 2.33. The minimum absolute atomic E-state index is 0.115. The number of nitrogens with zero attached hydrogens (tertiary/aromatic N) is 1. The van der Waals surface area contributed by atoms with Crippen molar-refractivity contribution in [2.45, 2.75) is 45.8 Å². The average molecular weight is 395 g/mol. The summed E-state index contributed by atoms with van der Waals surface area (Å²) in [6.45, 7) is 3.46. The summed E-state index contributed by atoms with van der Waals surface area (Å²) >= 11 is 0. The van der Waals surface area contributed by atoms with Crippen LogP contribution < -0.4 is 0 Å². The lowest BCUT2D eigenvalue weighted by atomic mass is 9.97. The Kier molecular flexibility index (Phi) is 6.82. The van der Waals surface area contributed by atoms with E-state index in [0.717, 1.165) is 0 Å². The van der Waals surface area contributed by atoms with Gasteiger partial charge in [-0.05, 0) is 12.3 Å². The fourth-order valence-electron chi connectivity index (χ4n) is 3.58. The van der Waals surface area contributed by atoms with Gasteiger partial charge in [0.05, 0.1) is 39.0 Å². The molecule has 0 radical (unpaired) electrons. The van der Waals surface area contributed by atoms with Crippen molar-refractivity contribution in [3.8, 4) is 0 Å². The summed E-state index contributed by atoms with van der Waals surface area (Å²) in [5.41, 5.74) is 1.35. The lowest BCUT2D eigenvalue weighted by Crippen LogP contribution is -2.21. The fourth-order valence-corrected chi connectivity index (χ4v) is 3.58. The van der Waals surface area contributed by atoms with E-state index in [9.17, 15) is 19.2 Å². The molecule has 0 spiro atoms. The predicted molar refractivity (Wildman–Crippen MR) is 95.9 cm³/mol. The molecule has 0 N–H and O–H groups in total. The van der Waals surface area contributed by atoms with Crippen molar-refractivity contribution in [2.75, 3.05) is 21.3 Å². The molecule has 0 saturated heterocycles. The molecule has 0 aromatic carbocycles. The summed E-state index contributed by atoms with van der Waals surface area (Å²) < 4.78 is 21.5. The van der Waals surface area contributed by atoms with Crippen LogP contribution in [0.15, 0.2) is 0 Å². The monoisotopic (exact) mass is 395 g/mol. The van der Waals surface area contributed by atoms with Gasteiger partial charge in [0.2, 0.25) is 0 Å². The van der Waals surface area contributed by atoms with Crippen molar-refractivity contribution < 1.29 is 38.1 Å². The number of hydrogen-bond donors (Lipinski definition) is 0. The molecule has 2 rings (SSSR count). The number of carbonyl (C=O) groups excluding carboxylic acids is 4. The van der Waals surface area contributed by atoms with Crippen molar-refractivity contribution in [3.63, 3.8) is 0 Å². The Hall–Kier alpha value is -2.84. The molecule has 0 amide bonds. The van der Waals surface area contributed by atoms with Gasteiger partial charge in [0, 0.05) is 31.2 Å². The lowest BCUT2D eigenvalue weighted by Gasteiger charge is -2.16. The topological polar surface area (TPSA) is 110 Å². The summed E-state index contributed by atoms with van der Waals surface area (Å²) in [4.78, 5) is 47.9. The standard InChI is InChI=1S/C19H25NO8/c1-10(7-15(22)25-3)6-13-16(18(23)26-4)17(19(24)27-5)14-8-12(9-20(13)14)28-11(2)21/h10,12H,6-9H2,1-5H3. The maximum Gasteiger partial charge on any atom is 0.340 e. The van der Waals surface area contributed by atoms with Crippen molar-refractivity contribution >= 4 is 23.9 Å². The van der Waals surface area contributed by atoms with Gasteiger partial charge in [-0.15, -0.1) is 0 Å². The van der Waals surface area contributed by atoms with Crippen LogP contribution in [0.4, 0.5) is 0 Å². The summed E-state index contributed by atoms with van der Waals surface area (Å²) in [7, 11) is 3.77. The van der Waals surface area contributed by atoms with Gasteiger partial charge < -0.3 is 23.5 Å². The van der Waals surface area contributed by atoms with Crippen molar-refractivity contribution in [2.24, 2.45) is 5.92 Å². The Labute approximate surface area is 162 Å². The Morgan fingerprint density at radius 1 is 1.04 bits per heavy atom. The van der Waals surface area contributed by atoms with Gasteiger partial charge in [-0.3, -0.25) is 9.59 Å². The molecule has 0 aliphatic carbocycles. The summed E-state index contributed by atoms with van der Waals surface area (Å²) in [5.74, 6) is -2.28. The van der Waals surface area contributed by atoms with Gasteiger partial charge >= 0.3 is 23.9 Å². The van der Waals surface area contributed by atoms with Crippen LogP contribution in [0.25, 0.3) is 0 Å². The number of fused-ring (bicyclic) bond motifs is 1. The number of carbonyl (C=O) groups is 4. The van der Waals surface area contributed by atoms with E-state index in [4.69, 9.17) is 18.9 Å². The molecule has 1 aromatic rings. The molecular formula is C19H25NO8. The third-order valence-corrected chi connectivity index (χ3v) is 4.68. The number of esters is 4. The maximum atomic E-state index is 12.5. The first-order chi connectivity index (χ1) is 13.2. The highest BCUT2D eigenvalue weighted by atomic mass is 16.5. The number of ether oxygens (including phenoxy) is 4. The van der Waals surface area contributed by atoms with E-state index in [2.05, 4.69) is 0 Å². The second-order valence-corrected chi connectivity index (χ2v) is 6.76. The largest absolute Gasteiger partial charge is 0.469 e. The van der Waals surface area contributed by atoms with E-state index in [-0.39, 0.29) is 35.9 Å². The predicted octanol–water partition coefficient (Wildman–Crippen LogP) is 1.29. The number of aromatic nitrogens is 1. The van der Waals surface area contributed by atoms with Gasteiger partial charge in [0.15, 0.2) is 0 Å². The zero-order valence-electron chi connectivity index (χ0n) is 16.7. The quantitative estimate of drug-likeness (QED) is 0.502. The van der Waals surface area contributed by atoms with Gasteiger partial charge in [0.1, 0.15) is 6.10 Å². The molecule has 9 nitrogen and oxygen atoms in total. The second kappa shape index (κ2) is 8.90. The molecule has 2 heterocycles. The number of rotatable bonds is 7. The van der Waals surface area contributed by atoms with Crippen LogP contribution in [-0.2, 0) is 47.9 Å². The minimum atomic E-state index is -0.667. The Bertz CT molecular complexity index is 794. The molecule has 1 aliphatic rings. The summed E-state index contributed by atoms with van der Waals surface area (Å²) in [6, 6.07) is 0. The van der Waals surface area contributed by atoms with E-state index >= 15 is 0 Å². The Morgan fingerprint density at radius 2 is 1.64 bits per heavy atom. The van der Waals surface area contributed by atoms with Crippen LogP contribution in [0.1, 0.15) is 52.4 Å². The van der Waals surface area contributed by atoms with Gasteiger partial charge in [-0.2, -0.15) is 0 Å². The summed E-state index contributed by atoms with van der Waals surface area (Å²) in [6.07, 6.45) is 0.311. The van der Waals surface area contributed by atoms with Crippen LogP contribution in [0, 0.1) is 5.92 Å². The Balaban J connectivity index is 2.52. The van der Waals surface area contributed by atoms with Gasteiger partial charge in [-0.1, -0.05) is 6.92 Å². The number of hydrogen-bond acceptors (Lipinski definition) is 8. The normalized spacial score (nSPS) is 16.1. The SMILES string of the molecule is COC(=O)CC(C)Cc1c(C(=O)OC)c(C(=O)OC)c2n1CC(OC(C)=O)C2. The first-order valence-electron chi connectivity index (χ1n) is 8.88. The number of methoxy groups -OCH3 is 3. The van der Waals surface area contributed by atoms with Gasteiger partial charge in [-0.25, -0.2) is 9.59 Å². The zero-order valence-corrected chi connectivity index (χ0v) is 16.7. The molecular weight excluding hydrogens is 370 g/mol. The molecule has 1 aromatic heterocycles. The zero-order chi connectivity index (χ0) is 21.0. The molecule has 28 heavy (non-hydrogen) atoms. The van der Waals surface area contributed by atoms with E-state index in [1.54, 1.807) is 4.57 Å². The van der Waals surface area contributed by atoms with E-state index < -0.39 is 24.0 Å². The minimum Gasteiger partial charge on any atom is -0.469 e. The van der Waals surface area contributed by atoms with Crippen molar-refractivity contribution in [1.29, 1.82) is 0 Å². The lowest BCUT2D eigenvalue weighted by molar-refractivity contribution is -0.146. The smallest absolute Gasteiger partial charge is 0.340 e. The third-order valence-electron chi connectivity index (χ3n) is 4.68. The fraction of sp³-hybridized carbons (Fsp3) is 0.579. The molecule has 0 bridgehead atoms. The second-order valence-electron chi connectivity index (χ2n) is 6.76. The average Bonchev–Trinajstić information content (AvgIpc) is 3.16. The Morgan fingerprint density at radius 3 is 2.18 bits per heavy atom. The molecule has 2 unspecified atom stereocenters. The molecule has 1 aliphatic heterocycles. The molecule has 154 valence electrons. The van der Waals surface area contributed by atoms with Crippen LogP contribution >= 0.6 is 0 Å². The van der Waals surface area contributed by atoms with E-state index in [0.29, 0.717) is 24.4 Å². The molecule has 0 saturated carbocycles.